The molecule has 0 aromatic heterocycles. The summed E-state index contributed by atoms with van der Waals surface area (Å²) < 4.78 is 0. The van der Waals surface area contributed by atoms with Gasteiger partial charge in [0.25, 0.3) is 0 Å². The third kappa shape index (κ3) is 3.79. The van der Waals surface area contributed by atoms with Crippen molar-refractivity contribution in [2.45, 2.75) is 18.9 Å². The highest BCUT2D eigenvalue weighted by Crippen LogP contribution is 2.09. The molecule has 1 aromatic rings. The summed E-state index contributed by atoms with van der Waals surface area (Å²) in [5.74, 6) is -1.28. The first-order valence-corrected chi connectivity index (χ1v) is 6.44. The van der Waals surface area contributed by atoms with Gasteiger partial charge in [0.15, 0.2) is 0 Å². The highest BCUT2D eigenvalue weighted by atomic mass is 16.4. The van der Waals surface area contributed by atoms with Crippen molar-refractivity contribution in [3.63, 3.8) is 0 Å². The van der Waals surface area contributed by atoms with E-state index in [9.17, 15) is 14.7 Å². The lowest BCUT2D eigenvalue weighted by atomic mass is 10.0. The van der Waals surface area contributed by atoms with E-state index in [4.69, 9.17) is 0 Å². The van der Waals surface area contributed by atoms with Crippen molar-refractivity contribution in [2.75, 3.05) is 13.1 Å². The number of amides is 1. The summed E-state index contributed by atoms with van der Waals surface area (Å²) in [4.78, 5) is 23.2. The zero-order valence-corrected chi connectivity index (χ0v) is 10.6. The van der Waals surface area contributed by atoms with Crippen molar-refractivity contribution < 1.29 is 14.7 Å². The summed E-state index contributed by atoms with van der Waals surface area (Å²) in [6.45, 7) is 1.44. The van der Waals surface area contributed by atoms with Gasteiger partial charge in [0, 0.05) is 13.0 Å². The molecule has 2 atom stereocenters. The number of aliphatic carboxylic acids is 1. The molecule has 1 aromatic carbocycles. The first kappa shape index (κ1) is 13.5. The van der Waals surface area contributed by atoms with Gasteiger partial charge in [-0.3, -0.25) is 4.79 Å². The molecule has 19 heavy (non-hydrogen) atoms. The average molecular weight is 262 g/mol. The fourth-order valence-corrected chi connectivity index (χ4v) is 2.22. The Morgan fingerprint density at radius 2 is 2.11 bits per heavy atom. The Hall–Kier alpha value is -1.88. The second-order valence-corrected chi connectivity index (χ2v) is 4.78. The predicted octanol–water partition coefficient (Wildman–Crippen LogP) is 0.408. The molecule has 1 aliphatic heterocycles. The molecule has 1 aliphatic rings. The maximum Gasteiger partial charge on any atom is 0.326 e. The molecule has 0 spiro atoms. The molecule has 5 nitrogen and oxygen atoms in total. The highest BCUT2D eigenvalue weighted by molar-refractivity contribution is 5.85. The van der Waals surface area contributed by atoms with Gasteiger partial charge >= 0.3 is 5.97 Å². The third-order valence-electron chi connectivity index (χ3n) is 3.33. The molecule has 1 amide bonds. The third-order valence-corrected chi connectivity index (χ3v) is 3.33. The lowest BCUT2D eigenvalue weighted by Gasteiger charge is -2.17. The number of benzene rings is 1. The molecule has 1 unspecified atom stereocenters. The zero-order valence-electron chi connectivity index (χ0n) is 10.6. The quantitative estimate of drug-likeness (QED) is 0.718. The van der Waals surface area contributed by atoms with Crippen LogP contribution in [0.4, 0.5) is 0 Å². The highest BCUT2D eigenvalue weighted by Gasteiger charge is 2.27. The molecule has 0 bridgehead atoms. The number of carbonyl (C=O) groups excluding carboxylic acids is 1. The molecule has 1 fully saturated rings. The van der Waals surface area contributed by atoms with Crippen molar-refractivity contribution >= 4 is 11.9 Å². The number of hydrogen-bond donors (Lipinski definition) is 3. The number of nitrogens with one attached hydrogen (secondary N) is 2. The standard InChI is InChI=1S/C14H18N2O3/c17-13(11-6-7-15-9-11)16-12(14(18)19)8-10-4-2-1-3-5-10/h1-5,11-12,15H,6-9H2,(H,16,17)(H,18,19)/t11?,12-/m0/s1. The number of carboxylic acids is 1. The molecular weight excluding hydrogens is 244 g/mol. The molecule has 2 rings (SSSR count). The molecule has 0 radical (unpaired) electrons. The molecular formula is C14H18N2O3. The van der Waals surface area contributed by atoms with E-state index in [0.717, 1.165) is 18.5 Å². The summed E-state index contributed by atoms with van der Waals surface area (Å²) in [6.07, 6.45) is 1.07. The van der Waals surface area contributed by atoms with Gasteiger partial charge in [0.1, 0.15) is 6.04 Å². The number of carboxylic acid groups (broad SMARTS) is 1. The van der Waals surface area contributed by atoms with Gasteiger partial charge in [-0.05, 0) is 18.5 Å². The Kier molecular flexibility index (Phi) is 4.52. The zero-order chi connectivity index (χ0) is 13.7. The minimum Gasteiger partial charge on any atom is -0.480 e. The Bertz CT molecular complexity index is 441. The molecule has 1 saturated heterocycles. The van der Waals surface area contributed by atoms with E-state index >= 15 is 0 Å². The van der Waals surface area contributed by atoms with Gasteiger partial charge in [-0.1, -0.05) is 30.3 Å². The van der Waals surface area contributed by atoms with Gasteiger partial charge < -0.3 is 15.7 Å². The number of hydrogen-bond acceptors (Lipinski definition) is 3. The lowest BCUT2D eigenvalue weighted by molar-refractivity contribution is -0.142. The molecule has 0 saturated carbocycles. The summed E-state index contributed by atoms with van der Waals surface area (Å²) in [5, 5.41) is 14.9. The van der Waals surface area contributed by atoms with Crippen LogP contribution < -0.4 is 10.6 Å². The maximum atomic E-state index is 11.9. The summed E-state index contributed by atoms with van der Waals surface area (Å²) >= 11 is 0. The Morgan fingerprint density at radius 3 is 2.68 bits per heavy atom. The molecule has 5 heteroatoms. The van der Waals surface area contributed by atoms with Crippen LogP contribution in [0.5, 0.6) is 0 Å². The SMILES string of the molecule is O=C(N[C@@H](Cc1ccccc1)C(=O)O)C1CCNC1. The van der Waals surface area contributed by atoms with Crippen LogP contribution in [0.25, 0.3) is 0 Å². The van der Waals surface area contributed by atoms with Gasteiger partial charge in [-0.2, -0.15) is 0 Å². The van der Waals surface area contributed by atoms with Crippen LogP contribution in [0.2, 0.25) is 0 Å². The fraction of sp³-hybridized carbons (Fsp3) is 0.429. The number of rotatable bonds is 5. The van der Waals surface area contributed by atoms with Gasteiger partial charge in [0.2, 0.25) is 5.91 Å². The summed E-state index contributed by atoms with van der Waals surface area (Å²) in [5.41, 5.74) is 0.903. The fourth-order valence-electron chi connectivity index (χ4n) is 2.22. The normalized spacial score (nSPS) is 19.9. The summed E-state index contributed by atoms with van der Waals surface area (Å²) in [6, 6.07) is 8.45. The topological polar surface area (TPSA) is 78.4 Å². The van der Waals surface area contributed by atoms with Crippen molar-refractivity contribution in [1.29, 1.82) is 0 Å². The van der Waals surface area contributed by atoms with E-state index in [1.165, 1.54) is 0 Å². The molecule has 102 valence electrons. The largest absolute Gasteiger partial charge is 0.480 e. The maximum absolute atomic E-state index is 11.9. The smallest absolute Gasteiger partial charge is 0.326 e. The van der Waals surface area contributed by atoms with E-state index in [1.54, 1.807) is 0 Å². The average Bonchev–Trinajstić information content (AvgIpc) is 2.93. The van der Waals surface area contributed by atoms with Crippen molar-refractivity contribution in [3.05, 3.63) is 35.9 Å². The van der Waals surface area contributed by atoms with Crippen LogP contribution in [0.3, 0.4) is 0 Å². The van der Waals surface area contributed by atoms with Crippen LogP contribution >= 0.6 is 0 Å². The second-order valence-electron chi connectivity index (χ2n) is 4.78. The number of carbonyl (C=O) groups is 2. The Morgan fingerprint density at radius 1 is 1.37 bits per heavy atom. The molecule has 3 N–H and O–H groups in total. The van der Waals surface area contributed by atoms with Crippen LogP contribution in [0.15, 0.2) is 30.3 Å². The van der Waals surface area contributed by atoms with Gasteiger partial charge in [0.05, 0.1) is 5.92 Å². The first-order chi connectivity index (χ1) is 9.16. The predicted molar refractivity (Wildman–Crippen MR) is 70.7 cm³/mol. The lowest BCUT2D eigenvalue weighted by Crippen LogP contribution is -2.45. The van der Waals surface area contributed by atoms with Crippen molar-refractivity contribution in [2.24, 2.45) is 5.92 Å². The van der Waals surface area contributed by atoms with E-state index < -0.39 is 12.0 Å². The van der Waals surface area contributed by atoms with Crippen molar-refractivity contribution in [1.82, 2.24) is 10.6 Å². The second kappa shape index (κ2) is 6.33. The van der Waals surface area contributed by atoms with Gasteiger partial charge in [-0.25, -0.2) is 4.79 Å². The van der Waals surface area contributed by atoms with Gasteiger partial charge in [-0.15, -0.1) is 0 Å². The van der Waals surface area contributed by atoms with E-state index in [0.29, 0.717) is 13.0 Å². The Balaban J connectivity index is 1.96. The first-order valence-electron chi connectivity index (χ1n) is 6.44. The van der Waals surface area contributed by atoms with E-state index in [-0.39, 0.29) is 11.8 Å². The molecule has 0 aliphatic carbocycles. The van der Waals surface area contributed by atoms with Crippen LogP contribution in [0.1, 0.15) is 12.0 Å². The van der Waals surface area contributed by atoms with E-state index in [1.807, 2.05) is 30.3 Å². The minimum atomic E-state index is -0.997. The molecule has 1 heterocycles. The van der Waals surface area contributed by atoms with E-state index in [2.05, 4.69) is 10.6 Å². The minimum absolute atomic E-state index is 0.113. The monoisotopic (exact) mass is 262 g/mol. The van der Waals surface area contributed by atoms with Crippen LogP contribution in [-0.4, -0.2) is 36.1 Å². The Labute approximate surface area is 112 Å². The van der Waals surface area contributed by atoms with Crippen molar-refractivity contribution in [3.8, 4) is 0 Å². The van der Waals surface area contributed by atoms with Crippen LogP contribution in [-0.2, 0) is 16.0 Å². The van der Waals surface area contributed by atoms with Crippen LogP contribution in [0, 0.1) is 5.92 Å². The summed E-state index contributed by atoms with van der Waals surface area (Å²) in [7, 11) is 0.